The molecule has 0 aromatic carbocycles. The molecular weight excluding hydrogens is 411 g/mol. The molecule has 0 atom stereocenters. The number of hydrogen-bond donors (Lipinski definition) is 2. The van der Waals surface area contributed by atoms with Gasteiger partial charge in [-0.05, 0) is 36.3 Å². The summed E-state index contributed by atoms with van der Waals surface area (Å²) in [4.78, 5) is 8.37. The SMILES string of the molecule is CN=C(NCCc1ccc(Cl)nc1)NCC1(C)CCCC1.I. The number of rotatable bonds is 5. The highest BCUT2D eigenvalue weighted by Crippen LogP contribution is 2.36. The summed E-state index contributed by atoms with van der Waals surface area (Å²) < 4.78 is 0. The van der Waals surface area contributed by atoms with Crippen LogP contribution in [0, 0.1) is 5.41 Å². The summed E-state index contributed by atoms with van der Waals surface area (Å²) in [6.07, 6.45) is 8.06. The van der Waals surface area contributed by atoms with Crippen LogP contribution in [0.1, 0.15) is 38.2 Å². The van der Waals surface area contributed by atoms with Gasteiger partial charge in [-0.3, -0.25) is 4.99 Å². The summed E-state index contributed by atoms with van der Waals surface area (Å²) in [6.45, 7) is 4.19. The van der Waals surface area contributed by atoms with Gasteiger partial charge in [-0.15, -0.1) is 24.0 Å². The first-order chi connectivity index (χ1) is 10.1. The molecule has 1 aromatic heterocycles. The lowest BCUT2D eigenvalue weighted by molar-refractivity contribution is 0.334. The molecule has 1 heterocycles. The molecule has 4 nitrogen and oxygen atoms in total. The van der Waals surface area contributed by atoms with Crippen LogP contribution < -0.4 is 10.6 Å². The third-order valence-corrected chi connectivity index (χ3v) is 4.44. The van der Waals surface area contributed by atoms with Crippen molar-refractivity contribution in [2.75, 3.05) is 20.1 Å². The summed E-state index contributed by atoms with van der Waals surface area (Å²) in [6, 6.07) is 3.83. The van der Waals surface area contributed by atoms with Crippen LogP contribution in [0.2, 0.25) is 5.15 Å². The number of hydrogen-bond acceptors (Lipinski definition) is 2. The van der Waals surface area contributed by atoms with Crippen molar-refractivity contribution in [3.63, 3.8) is 0 Å². The fraction of sp³-hybridized carbons (Fsp3) is 0.625. The standard InChI is InChI=1S/C16H25ClN4.HI/c1-16(8-3-4-9-16)12-21-15(18-2)19-10-7-13-5-6-14(17)20-11-13;/h5-6,11H,3-4,7-10,12H2,1-2H3,(H2,18,19,21);1H. The van der Waals surface area contributed by atoms with E-state index in [-0.39, 0.29) is 24.0 Å². The second-order valence-corrected chi connectivity index (χ2v) is 6.50. The molecule has 124 valence electrons. The minimum Gasteiger partial charge on any atom is -0.356 e. The first-order valence-electron chi connectivity index (χ1n) is 7.66. The number of nitrogens with zero attached hydrogens (tertiary/aromatic N) is 2. The maximum atomic E-state index is 5.78. The monoisotopic (exact) mass is 436 g/mol. The third kappa shape index (κ3) is 6.28. The molecule has 0 amide bonds. The molecule has 22 heavy (non-hydrogen) atoms. The zero-order valence-corrected chi connectivity index (χ0v) is 16.4. The lowest BCUT2D eigenvalue weighted by Gasteiger charge is -2.25. The second kappa shape index (κ2) is 9.55. The van der Waals surface area contributed by atoms with E-state index in [1.165, 1.54) is 31.2 Å². The van der Waals surface area contributed by atoms with Crippen LogP contribution in [-0.4, -0.2) is 31.1 Å². The zero-order chi connectivity index (χ0) is 15.1. The Morgan fingerprint density at radius 1 is 1.32 bits per heavy atom. The Kier molecular flexibility index (Phi) is 8.46. The molecule has 0 bridgehead atoms. The summed E-state index contributed by atoms with van der Waals surface area (Å²) in [7, 11) is 1.82. The van der Waals surface area contributed by atoms with Gasteiger partial charge in [-0.25, -0.2) is 4.98 Å². The van der Waals surface area contributed by atoms with E-state index in [0.717, 1.165) is 25.5 Å². The summed E-state index contributed by atoms with van der Waals surface area (Å²) >= 11 is 5.78. The van der Waals surface area contributed by atoms with Crippen LogP contribution >= 0.6 is 35.6 Å². The van der Waals surface area contributed by atoms with Crippen molar-refractivity contribution in [1.82, 2.24) is 15.6 Å². The van der Waals surface area contributed by atoms with E-state index < -0.39 is 0 Å². The van der Waals surface area contributed by atoms with Gasteiger partial charge >= 0.3 is 0 Å². The minimum atomic E-state index is 0. The van der Waals surface area contributed by atoms with Crippen LogP contribution in [0.3, 0.4) is 0 Å². The Labute approximate surface area is 155 Å². The average molecular weight is 437 g/mol. The predicted octanol–water partition coefficient (Wildman–Crippen LogP) is 3.64. The van der Waals surface area contributed by atoms with Gasteiger partial charge < -0.3 is 10.6 Å². The highest BCUT2D eigenvalue weighted by atomic mass is 127. The van der Waals surface area contributed by atoms with Crippen LogP contribution in [0.4, 0.5) is 0 Å². The summed E-state index contributed by atoms with van der Waals surface area (Å²) in [5, 5.41) is 7.34. The second-order valence-electron chi connectivity index (χ2n) is 6.11. The molecular formula is C16H26ClIN4. The predicted molar refractivity (Wildman–Crippen MR) is 104 cm³/mol. The van der Waals surface area contributed by atoms with E-state index in [4.69, 9.17) is 11.6 Å². The Morgan fingerprint density at radius 2 is 2.05 bits per heavy atom. The fourth-order valence-corrected chi connectivity index (χ4v) is 2.91. The first-order valence-corrected chi connectivity index (χ1v) is 8.04. The summed E-state index contributed by atoms with van der Waals surface area (Å²) in [5.41, 5.74) is 1.60. The minimum absolute atomic E-state index is 0. The van der Waals surface area contributed by atoms with Crippen molar-refractivity contribution >= 4 is 41.5 Å². The fourth-order valence-electron chi connectivity index (χ4n) is 2.80. The van der Waals surface area contributed by atoms with Gasteiger partial charge in [-0.2, -0.15) is 0 Å². The lowest BCUT2D eigenvalue weighted by atomic mass is 9.89. The van der Waals surface area contributed by atoms with E-state index >= 15 is 0 Å². The average Bonchev–Trinajstić information content (AvgIpc) is 2.92. The van der Waals surface area contributed by atoms with Gasteiger partial charge in [0.1, 0.15) is 5.15 Å². The zero-order valence-electron chi connectivity index (χ0n) is 13.4. The molecule has 2 N–H and O–H groups in total. The van der Waals surface area contributed by atoms with Crippen molar-refractivity contribution in [3.8, 4) is 0 Å². The maximum absolute atomic E-state index is 5.78. The van der Waals surface area contributed by atoms with Gasteiger partial charge in [0, 0.05) is 26.3 Å². The van der Waals surface area contributed by atoms with Gasteiger partial charge in [-0.1, -0.05) is 37.4 Å². The largest absolute Gasteiger partial charge is 0.356 e. The van der Waals surface area contributed by atoms with Crippen molar-refractivity contribution in [2.45, 2.75) is 39.0 Å². The molecule has 1 aliphatic carbocycles. The quantitative estimate of drug-likeness (QED) is 0.321. The first kappa shape index (κ1) is 19.5. The molecule has 1 aliphatic rings. The molecule has 6 heteroatoms. The van der Waals surface area contributed by atoms with Crippen molar-refractivity contribution < 1.29 is 0 Å². The number of guanidine groups is 1. The van der Waals surface area contributed by atoms with Crippen molar-refractivity contribution in [1.29, 1.82) is 0 Å². The lowest BCUT2D eigenvalue weighted by Crippen LogP contribution is -2.42. The molecule has 0 aliphatic heterocycles. The topological polar surface area (TPSA) is 49.3 Å². The maximum Gasteiger partial charge on any atom is 0.191 e. The molecule has 1 aromatic rings. The number of nitrogens with one attached hydrogen (secondary N) is 2. The third-order valence-electron chi connectivity index (χ3n) is 4.21. The van der Waals surface area contributed by atoms with Crippen LogP contribution in [0.15, 0.2) is 23.3 Å². The van der Waals surface area contributed by atoms with E-state index in [1.807, 2.05) is 25.4 Å². The Morgan fingerprint density at radius 3 is 2.64 bits per heavy atom. The molecule has 2 rings (SSSR count). The van der Waals surface area contributed by atoms with Gasteiger partial charge in [0.15, 0.2) is 5.96 Å². The molecule has 1 fully saturated rings. The van der Waals surface area contributed by atoms with E-state index in [9.17, 15) is 0 Å². The molecule has 0 spiro atoms. The number of halogens is 2. The molecule has 0 unspecified atom stereocenters. The Hall–Kier alpha value is -0.560. The van der Waals surface area contributed by atoms with Gasteiger partial charge in [0.2, 0.25) is 0 Å². The van der Waals surface area contributed by atoms with E-state index in [2.05, 4.69) is 27.5 Å². The highest BCUT2D eigenvalue weighted by molar-refractivity contribution is 14.0. The highest BCUT2D eigenvalue weighted by Gasteiger charge is 2.28. The summed E-state index contributed by atoms with van der Waals surface area (Å²) in [5.74, 6) is 0.880. The smallest absolute Gasteiger partial charge is 0.191 e. The Bertz CT molecular complexity index is 470. The molecule has 0 radical (unpaired) electrons. The van der Waals surface area contributed by atoms with Gasteiger partial charge in [0.05, 0.1) is 0 Å². The van der Waals surface area contributed by atoms with Gasteiger partial charge in [0.25, 0.3) is 0 Å². The number of aliphatic imine (C=N–C) groups is 1. The molecule has 0 saturated heterocycles. The molecule has 1 saturated carbocycles. The van der Waals surface area contributed by atoms with Crippen LogP contribution in [-0.2, 0) is 6.42 Å². The van der Waals surface area contributed by atoms with Crippen LogP contribution in [0.25, 0.3) is 0 Å². The van der Waals surface area contributed by atoms with Crippen molar-refractivity contribution in [2.24, 2.45) is 10.4 Å². The van der Waals surface area contributed by atoms with E-state index in [0.29, 0.717) is 10.6 Å². The number of aromatic nitrogens is 1. The Balaban J connectivity index is 0.00000242. The normalized spacial score (nSPS) is 17.0. The van der Waals surface area contributed by atoms with Crippen LogP contribution in [0.5, 0.6) is 0 Å². The van der Waals surface area contributed by atoms with E-state index in [1.54, 1.807) is 0 Å². The number of pyridine rings is 1. The van der Waals surface area contributed by atoms with Crippen molar-refractivity contribution in [3.05, 3.63) is 29.0 Å².